The van der Waals surface area contributed by atoms with E-state index in [1.165, 1.54) is 4.31 Å². The zero-order chi connectivity index (χ0) is 24.1. The van der Waals surface area contributed by atoms with Crippen LogP contribution >= 0.6 is 11.3 Å². The van der Waals surface area contributed by atoms with Gasteiger partial charge in [-0.2, -0.15) is 4.31 Å². The molecule has 1 amide bonds. The first kappa shape index (κ1) is 23.9. The van der Waals surface area contributed by atoms with Crippen molar-refractivity contribution < 1.29 is 27.5 Å². The number of ether oxygens (including phenoxy) is 2. The molecule has 1 aromatic heterocycles. The van der Waals surface area contributed by atoms with Crippen LogP contribution in [0, 0.1) is 0 Å². The zero-order valence-corrected chi connectivity index (χ0v) is 20.1. The lowest BCUT2D eigenvalue weighted by atomic mass is 9.92. The van der Waals surface area contributed by atoms with E-state index in [1.54, 1.807) is 48.9 Å². The highest BCUT2D eigenvalue weighted by Crippen LogP contribution is 2.37. The van der Waals surface area contributed by atoms with E-state index < -0.39 is 34.5 Å². The number of sulfonamides is 1. The summed E-state index contributed by atoms with van der Waals surface area (Å²) in [7, 11) is -2.23. The van der Waals surface area contributed by atoms with Crippen molar-refractivity contribution in [3.05, 3.63) is 77.2 Å². The van der Waals surface area contributed by atoms with E-state index in [0.717, 1.165) is 22.5 Å². The molecule has 4 rings (SSSR count). The van der Waals surface area contributed by atoms with Crippen molar-refractivity contribution in [1.82, 2.24) is 4.31 Å². The summed E-state index contributed by atoms with van der Waals surface area (Å²) in [5.41, 5.74) is 2.31. The van der Waals surface area contributed by atoms with Gasteiger partial charge in [-0.25, -0.2) is 8.42 Å². The monoisotopic (exact) mass is 500 g/mol. The van der Waals surface area contributed by atoms with Gasteiger partial charge in [-0.05, 0) is 53.3 Å². The summed E-state index contributed by atoms with van der Waals surface area (Å²) in [5.74, 6) is -0.497. The summed E-state index contributed by atoms with van der Waals surface area (Å²) in [4.78, 5) is 24.9. The molecule has 0 spiro atoms. The van der Waals surface area contributed by atoms with Crippen molar-refractivity contribution in [2.75, 3.05) is 25.6 Å². The number of hydrogen-bond donors (Lipinski definition) is 1. The number of nitrogens with zero attached hydrogens (tertiary/aromatic N) is 1. The minimum Gasteiger partial charge on any atom is -0.497 e. The van der Waals surface area contributed by atoms with E-state index in [4.69, 9.17) is 9.47 Å². The number of benzene rings is 2. The number of fused-ring (bicyclic) bond motifs is 1. The van der Waals surface area contributed by atoms with Gasteiger partial charge in [0.2, 0.25) is 0 Å². The third kappa shape index (κ3) is 5.30. The van der Waals surface area contributed by atoms with Crippen LogP contribution < -0.4 is 10.1 Å². The molecule has 3 aromatic rings. The molecule has 1 N–H and O–H groups in total. The molecule has 1 aliphatic rings. The molecule has 178 valence electrons. The summed E-state index contributed by atoms with van der Waals surface area (Å²) in [6, 6.07) is 16.7. The lowest BCUT2D eigenvalue weighted by Gasteiger charge is -2.35. The molecule has 0 saturated heterocycles. The highest BCUT2D eigenvalue weighted by atomic mass is 32.2. The normalized spacial score (nSPS) is 15.9. The highest BCUT2D eigenvalue weighted by Gasteiger charge is 2.38. The third-order valence-corrected chi connectivity index (χ3v) is 8.80. The molecule has 1 aliphatic heterocycles. The van der Waals surface area contributed by atoms with Crippen LogP contribution in [0.15, 0.2) is 70.3 Å². The number of anilines is 1. The summed E-state index contributed by atoms with van der Waals surface area (Å²) in [5, 5.41) is 4.35. The van der Waals surface area contributed by atoms with Crippen molar-refractivity contribution in [1.29, 1.82) is 0 Å². The molecular formula is C24H24N2O6S2. The van der Waals surface area contributed by atoms with Crippen molar-refractivity contribution in [3.63, 3.8) is 0 Å². The molecule has 1 unspecified atom stereocenters. The van der Waals surface area contributed by atoms with Gasteiger partial charge in [0, 0.05) is 12.2 Å². The summed E-state index contributed by atoms with van der Waals surface area (Å²) in [6.45, 7) is -0.218. The van der Waals surface area contributed by atoms with Gasteiger partial charge < -0.3 is 14.8 Å². The Kier molecular flexibility index (Phi) is 7.30. The number of esters is 1. The SMILES string of the molecule is COc1ccc(NC(=O)COC(=O)CC2c3ccccc3CCN2S(=O)(=O)c2cccs2)cc1. The second-order valence-electron chi connectivity index (χ2n) is 7.65. The molecule has 2 aromatic carbocycles. The van der Waals surface area contributed by atoms with E-state index in [2.05, 4.69) is 5.32 Å². The van der Waals surface area contributed by atoms with Gasteiger partial charge in [0.1, 0.15) is 9.96 Å². The first-order valence-corrected chi connectivity index (χ1v) is 12.9. The predicted molar refractivity (Wildman–Crippen MR) is 128 cm³/mol. The Hall–Kier alpha value is -3.21. The van der Waals surface area contributed by atoms with Gasteiger partial charge >= 0.3 is 5.97 Å². The number of carbonyl (C=O) groups is 2. The van der Waals surface area contributed by atoms with Crippen molar-refractivity contribution in [2.24, 2.45) is 0 Å². The summed E-state index contributed by atoms with van der Waals surface area (Å²) in [6.07, 6.45) is 0.355. The van der Waals surface area contributed by atoms with Crippen molar-refractivity contribution >= 4 is 38.9 Å². The molecule has 8 nitrogen and oxygen atoms in total. The molecule has 10 heteroatoms. The van der Waals surface area contributed by atoms with Gasteiger partial charge in [0.25, 0.3) is 15.9 Å². The zero-order valence-electron chi connectivity index (χ0n) is 18.5. The molecule has 0 fully saturated rings. The summed E-state index contributed by atoms with van der Waals surface area (Å²) >= 11 is 1.14. The van der Waals surface area contributed by atoms with E-state index in [9.17, 15) is 18.0 Å². The number of carbonyl (C=O) groups excluding carboxylic acids is 2. The maximum Gasteiger partial charge on any atom is 0.308 e. The Labute approximate surface area is 202 Å². The number of methoxy groups -OCH3 is 1. The van der Waals surface area contributed by atoms with Gasteiger partial charge in [-0.1, -0.05) is 30.3 Å². The average Bonchev–Trinajstić information content (AvgIpc) is 3.39. The maximum atomic E-state index is 13.3. The summed E-state index contributed by atoms with van der Waals surface area (Å²) < 4.78 is 38.4. The van der Waals surface area contributed by atoms with Gasteiger partial charge in [0.15, 0.2) is 6.61 Å². The van der Waals surface area contributed by atoms with Gasteiger partial charge in [-0.3, -0.25) is 9.59 Å². The van der Waals surface area contributed by atoms with E-state index in [-0.39, 0.29) is 17.2 Å². The maximum absolute atomic E-state index is 13.3. The largest absolute Gasteiger partial charge is 0.497 e. The van der Waals surface area contributed by atoms with Crippen molar-refractivity contribution in [2.45, 2.75) is 23.1 Å². The fraction of sp³-hybridized carbons (Fsp3) is 0.250. The molecule has 0 aliphatic carbocycles. The third-order valence-electron chi connectivity index (χ3n) is 5.52. The Morgan fingerprint density at radius 1 is 1.09 bits per heavy atom. The molecule has 2 heterocycles. The lowest BCUT2D eigenvalue weighted by molar-refractivity contribution is -0.148. The van der Waals surface area contributed by atoms with Gasteiger partial charge in [0.05, 0.1) is 19.6 Å². The Bertz CT molecular complexity index is 1260. The number of thiophene rings is 1. The molecule has 0 saturated carbocycles. The van der Waals surface area contributed by atoms with Crippen LogP contribution in [0.4, 0.5) is 5.69 Å². The Balaban J connectivity index is 1.44. The number of rotatable bonds is 8. The molecular weight excluding hydrogens is 476 g/mol. The van der Waals surface area contributed by atoms with Crippen LogP contribution in [0.1, 0.15) is 23.6 Å². The van der Waals surface area contributed by atoms with E-state index >= 15 is 0 Å². The Morgan fingerprint density at radius 2 is 1.85 bits per heavy atom. The van der Waals surface area contributed by atoms with Crippen LogP contribution in [0.2, 0.25) is 0 Å². The first-order valence-electron chi connectivity index (χ1n) is 10.6. The van der Waals surface area contributed by atoms with Crippen LogP contribution in [-0.4, -0.2) is 44.9 Å². The number of hydrogen-bond acceptors (Lipinski definition) is 7. The first-order chi connectivity index (χ1) is 16.4. The van der Waals surface area contributed by atoms with E-state index in [1.807, 2.05) is 24.3 Å². The fourth-order valence-electron chi connectivity index (χ4n) is 3.89. The predicted octanol–water partition coefficient (Wildman–Crippen LogP) is 3.62. The van der Waals surface area contributed by atoms with Crippen LogP contribution in [0.3, 0.4) is 0 Å². The van der Waals surface area contributed by atoms with E-state index in [0.29, 0.717) is 17.9 Å². The second-order valence-corrected chi connectivity index (χ2v) is 10.7. The fourth-order valence-corrected chi connectivity index (χ4v) is 6.61. The quantitative estimate of drug-likeness (QED) is 0.474. The van der Waals surface area contributed by atoms with Crippen molar-refractivity contribution in [3.8, 4) is 5.75 Å². The van der Waals surface area contributed by atoms with Gasteiger partial charge in [-0.15, -0.1) is 11.3 Å². The molecule has 1 atom stereocenters. The highest BCUT2D eigenvalue weighted by molar-refractivity contribution is 7.91. The second kappa shape index (κ2) is 10.4. The molecule has 34 heavy (non-hydrogen) atoms. The minimum atomic E-state index is -3.78. The Morgan fingerprint density at radius 3 is 2.56 bits per heavy atom. The molecule has 0 bridgehead atoms. The minimum absolute atomic E-state index is 0.197. The van der Waals surface area contributed by atoms with Crippen LogP contribution in [-0.2, 0) is 30.8 Å². The average molecular weight is 501 g/mol. The number of nitrogens with one attached hydrogen (secondary N) is 1. The topological polar surface area (TPSA) is 102 Å². The smallest absolute Gasteiger partial charge is 0.308 e. The van der Waals surface area contributed by atoms with Crippen LogP contribution in [0.5, 0.6) is 5.75 Å². The van der Waals surface area contributed by atoms with Crippen LogP contribution in [0.25, 0.3) is 0 Å². The standard InChI is InChI=1S/C24H24N2O6S2/c1-31-19-10-8-18(9-11-19)25-22(27)16-32-23(28)15-21-20-6-3-2-5-17(20)12-13-26(21)34(29,30)24-7-4-14-33-24/h2-11,14,21H,12-13,15-16H2,1H3,(H,25,27). The molecule has 0 radical (unpaired) electrons. The number of amides is 1. The lowest BCUT2D eigenvalue weighted by Crippen LogP contribution is -2.41.